The molecular formula is C22H31F3N2O3S. The third-order valence-corrected chi connectivity index (χ3v) is 8.15. The van der Waals surface area contributed by atoms with E-state index in [0.717, 1.165) is 19.3 Å². The van der Waals surface area contributed by atoms with Gasteiger partial charge in [0.25, 0.3) is 5.91 Å². The number of alkyl halides is 3. The maximum atomic E-state index is 13.1. The van der Waals surface area contributed by atoms with Gasteiger partial charge in [0.05, 0.1) is 0 Å². The summed E-state index contributed by atoms with van der Waals surface area (Å²) in [7, 11) is -5.45. The van der Waals surface area contributed by atoms with Crippen molar-refractivity contribution in [2.45, 2.75) is 78.0 Å². The van der Waals surface area contributed by atoms with Crippen molar-refractivity contribution in [1.82, 2.24) is 9.21 Å². The lowest BCUT2D eigenvalue weighted by molar-refractivity contribution is -0.0500. The van der Waals surface area contributed by atoms with E-state index >= 15 is 0 Å². The molecule has 1 aliphatic heterocycles. The van der Waals surface area contributed by atoms with Crippen molar-refractivity contribution in [2.75, 3.05) is 6.54 Å². The summed E-state index contributed by atoms with van der Waals surface area (Å²) in [6.45, 7) is 9.77. The molecule has 1 aromatic rings. The molecule has 3 rings (SSSR count). The number of halogens is 3. The number of fused-ring (bicyclic) bond motifs is 2. The highest BCUT2D eigenvalue weighted by Gasteiger charge is 2.52. The van der Waals surface area contributed by atoms with Crippen LogP contribution in [0.1, 0.15) is 69.8 Å². The van der Waals surface area contributed by atoms with E-state index in [9.17, 15) is 26.4 Å². The molecule has 0 N–H and O–H groups in total. The number of carbonyl (C=O) groups excluding carboxylic acids is 1. The Morgan fingerprint density at radius 2 is 1.74 bits per heavy atom. The fourth-order valence-corrected chi connectivity index (χ4v) is 6.61. The zero-order valence-electron chi connectivity index (χ0n) is 18.7. The second kappa shape index (κ2) is 7.76. The second-order valence-corrected chi connectivity index (χ2v) is 12.3. The fourth-order valence-electron chi connectivity index (χ4n) is 5.47. The van der Waals surface area contributed by atoms with Gasteiger partial charge in [0.2, 0.25) is 0 Å². The van der Waals surface area contributed by atoms with Crippen LogP contribution in [0.2, 0.25) is 0 Å². The number of hydrogen-bond donors (Lipinski definition) is 0. The number of amides is 1. The fraction of sp³-hybridized carbons (Fsp3) is 0.682. The molecule has 2 bridgehead atoms. The molecule has 1 saturated heterocycles. The van der Waals surface area contributed by atoms with E-state index in [4.69, 9.17) is 0 Å². The van der Waals surface area contributed by atoms with E-state index in [2.05, 4.69) is 20.8 Å². The lowest BCUT2D eigenvalue weighted by atomic mass is 9.65. The van der Waals surface area contributed by atoms with E-state index in [1.165, 1.54) is 26.0 Å². The predicted molar refractivity (Wildman–Crippen MR) is 113 cm³/mol. The molecule has 1 aliphatic carbocycles. The Morgan fingerprint density at radius 3 is 2.26 bits per heavy atom. The molecule has 1 aromatic carbocycles. The summed E-state index contributed by atoms with van der Waals surface area (Å²) < 4.78 is 63.2. The van der Waals surface area contributed by atoms with E-state index in [-0.39, 0.29) is 22.8 Å². The third-order valence-electron chi connectivity index (χ3n) is 6.39. The number of nitrogens with zero attached hydrogens (tertiary/aromatic N) is 2. The molecule has 1 amide bonds. The minimum atomic E-state index is -5.45. The minimum Gasteiger partial charge on any atom is -0.335 e. The normalized spacial score (nSPS) is 26.0. The molecule has 2 atom stereocenters. The molecule has 0 aromatic heterocycles. The first-order chi connectivity index (χ1) is 14.0. The Bertz CT molecular complexity index is 942. The zero-order chi connectivity index (χ0) is 23.4. The largest absolute Gasteiger partial charge is 0.511 e. The van der Waals surface area contributed by atoms with Crippen molar-refractivity contribution in [1.29, 1.82) is 0 Å². The number of rotatable bonds is 5. The lowest BCUT2D eigenvalue weighted by Gasteiger charge is -2.39. The van der Waals surface area contributed by atoms with Crippen LogP contribution in [0.3, 0.4) is 0 Å². The lowest BCUT2D eigenvalue weighted by Crippen LogP contribution is -2.44. The average molecular weight is 461 g/mol. The predicted octanol–water partition coefficient (Wildman–Crippen LogP) is 4.79. The van der Waals surface area contributed by atoms with Crippen LogP contribution in [-0.4, -0.2) is 47.7 Å². The summed E-state index contributed by atoms with van der Waals surface area (Å²) in [5, 5.41) is 0. The molecule has 1 saturated carbocycles. The van der Waals surface area contributed by atoms with Gasteiger partial charge in [-0.05, 0) is 61.6 Å². The summed E-state index contributed by atoms with van der Waals surface area (Å²) in [4.78, 5) is 15.1. The van der Waals surface area contributed by atoms with E-state index in [1.54, 1.807) is 12.1 Å². The molecule has 2 unspecified atom stereocenters. The number of benzene rings is 1. The van der Waals surface area contributed by atoms with Crippen molar-refractivity contribution in [2.24, 2.45) is 10.8 Å². The molecule has 9 heteroatoms. The Labute approximate surface area is 182 Å². The summed E-state index contributed by atoms with van der Waals surface area (Å²) >= 11 is 0. The first-order valence-corrected chi connectivity index (χ1v) is 12.0. The van der Waals surface area contributed by atoms with Gasteiger partial charge in [0.1, 0.15) is 0 Å². The Morgan fingerprint density at radius 1 is 1.16 bits per heavy atom. The van der Waals surface area contributed by atoms with Gasteiger partial charge in [-0.2, -0.15) is 17.5 Å². The number of sulfonamides is 1. The van der Waals surface area contributed by atoms with Crippen LogP contribution in [0, 0.1) is 10.8 Å². The van der Waals surface area contributed by atoms with Gasteiger partial charge in [-0.15, -0.1) is 0 Å². The van der Waals surface area contributed by atoms with Gasteiger partial charge < -0.3 is 4.90 Å². The second-order valence-electron chi connectivity index (χ2n) is 10.4. The highest BCUT2D eigenvalue weighted by atomic mass is 32.2. The number of likely N-dealkylation sites (tertiary alicyclic amines) is 1. The van der Waals surface area contributed by atoms with Crippen LogP contribution in [0.15, 0.2) is 24.3 Å². The summed E-state index contributed by atoms with van der Waals surface area (Å²) in [5.41, 5.74) is -4.21. The SMILES string of the molecule is CC(C)N(Cc1ccc(C(=O)N2CC3(C)CC2CC(C)(C)C3)cc1)S(=O)(=O)C(F)(F)F. The third kappa shape index (κ3) is 4.77. The van der Waals surface area contributed by atoms with Crippen LogP contribution in [0.25, 0.3) is 0 Å². The van der Waals surface area contributed by atoms with E-state index < -0.39 is 28.1 Å². The minimum absolute atomic E-state index is 0.0818. The monoisotopic (exact) mass is 460 g/mol. The van der Waals surface area contributed by atoms with Gasteiger partial charge in [-0.25, -0.2) is 8.42 Å². The van der Waals surface area contributed by atoms with Crippen LogP contribution in [0.4, 0.5) is 13.2 Å². The van der Waals surface area contributed by atoms with Crippen molar-refractivity contribution in [3.05, 3.63) is 35.4 Å². The maximum absolute atomic E-state index is 13.1. The molecule has 0 spiro atoms. The average Bonchev–Trinajstić information content (AvgIpc) is 2.86. The molecule has 31 heavy (non-hydrogen) atoms. The number of carbonyl (C=O) groups is 1. The molecule has 5 nitrogen and oxygen atoms in total. The van der Waals surface area contributed by atoms with Crippen LogP contribution in [-0.2, 0) is 16.6 Å². The van der Waals surface area contributed by atoms with Gasteiger partial charge in [0, 0.05) is 30.7 Å². The molecule has 0 radical (unpaired) electrons. The first kappa shape index (κ1) is 24.0. The highest BCUT2D eigenvalue weighted by molar-refractivity contribution is 7.89. The quantitative estimate of drug-likeness (QED) is 0.635. The van der Waals surface area contributed by atoms with Crippen molar-refractivity contribution in [3.63, 3.8) is 0 Å². The van der Waals surface area contributed by atoms with Crippen LogP contribution >= 0.6 is 0 Å². The van der Waals surface area contributed by atoms with Crippen molar-refractivity contribution < 1.29 is 26.4 Å². The highest BCUT2D eigenvalue weighted by Crippen LogP contribution is 2.52. The Kier molecular flexibility index (Phi) is 6.02. The van der Waals surface area contributed by atoms with E-state index in [1.807, 2.05) is 4.90 Å². The standard InChI is InChI=1S/C22H31F3N2O3S/c1-15(2)27(31(29,30)22(23,24)25)12-16-6-8-17(9-7-16)19(28)26-14-21(5)11-18(26)10-20(3,4)13-21/h6-9,15,18H,10-14H2,1-5H3. The zero-order valence-corrected chi connectivity index (χ0v) is 19.5. The van der Waals surface area contributed by atoms with Gasteiger partial charge in [-0.1, -0.05) is 32.9 Å². The number of hydrogen-bond acceptors (Lipinski definition) is 3. The summed E-state index contributed by atoms with van der Waals surface area (Å²) in [6.07, 6.45) is 3.00. The Hall–Kier alpha value is -1.61. The smallest absolute Gasteiger partial charge is 0.335 e. The van der Waals surface area contributed by atoms with Crippen LogP contribution < -0.4 is 0 Å². The maximum Gasteiger partial charge on any atom is 0.511 e. The molecular weight excluding hydrogens is 429 g/mol. The molecule has 1 heterocycles. The van der Waals surface area contributed by atoms with Crippen LogP contribution in [0.5, 0.6) is 0 Å². The summed E-state index contributed by atoms with van der Waals surface area (Å²) in [5.74, 6) is -0.0818. The topological polar surface area (TPSA) is 57.7 Å². The molecule has 2 aliphatic rings. The van der Waals surface area contributed by atoms with Crippen molar-refractivity contribution in [3.8, 4) is 0 Å². The first-order valence-electron chi connectivity index (χ1n) is 10.5. The van der Waals surface area contributed by atoms with E-state index in [0.29, 0.717) is 22.0 Å². The molecule has 174 valence electrons. The van der Waals surface area contributed by atoms with Gasteiger partial charge in [-0.3, -0.25) is 4.79 Å². The molecule has 2 fully saturated rings. The summed E-state index contributed by atoms with van der Waals surface area (Å²) in [6, 6.07) is 5.54. The van der Waals surface area contributed by atoms with Gasteiger partial charge >= 0.3 is 15.5 Å². The van der Waals surface area contributed by atoms with Gasteiger partial charge in [0.15, 0.2) is 0 Å². The van der Waals surface area contributed by atoms with Crippen molar-refractivity contribution >= 4 is 15.9 Å². The Balaban J connectivity index is 1.77.